The average molecular weight is 969 g/mol. The molecule has 1 aromatic heterocycles. The number of phenolic OH excluding ortho intramolecular Hbond substituents is 5. The molecule has 7 N–H and O–H groups in total. The van der Waals surface area contributed by atoms with Crippen LogP contribution in [0.2, 0.25) is 0 Å². The minimum absolute atomic E-state index is 0.0239. The molecular formula is C43H38NO17S4+. The van der Waals surface area contributed by atoms with Gasteiger partial charge in [-0.2, -0.15) is 16.8 Å². The topological polar surface area (TPSA) is 316 Å². The Morgan fingerprint density at radius 3 is 0.985 bits per heavy atom. The molecule has 0 amide bonds. The Kier molecular flexibility index (Phi) is 15.3. The van der Waals surface area contributed by atoms with Crippen molar-refractivity contribution in [3.8, 4) is 28.7 Å². The van der Waals surface area contributed by atoms with Crippen molar-refractivity contribution in [2.75, 3.05) is 0 Å². The highest BCUT2D eigenvalue weighted by atomic mass is 32.2. The third-order valence-electron chi connectivity index (χ3n) is 10.2. The lowest BCUT2D eigenvalue weighted by atomic mass is 9.90. The number of benzene rings is 5. The molecule has 0 saturated heterocycles. The lowest BCUT2D eigenvalue weighted by molar-refractivity contribution is -0.671. The molecule has 340 valence electrons. The van der Waals surface area contributed by atoms with Crippen molar-refractivity contribution in [1.29, 1.82) is 0 Å². The molecule has 0 saturated carbocycles. The van der Waals surface area contributed by atoms with Crippen LogP contribution in [-0.4, -0.2) is 76.7 Å². The van der Waals surface area contributed by atoms with E-state index in [2.05, 4.69) is 0 Å². The number of nitrogens with zero attached hydrogens (tertiary/aromatic N) is 1. The molecule has 65 heavy (non-hydrogen) atoms. The van der Waals surface area contributed by atoms with Crippen LogP contribution in [0, 0.1) is 0 Å². The molecule has 0 atom stereocenters. The van der Waals surface area contributed by atoms with Crippen molar-refractivity contribution in [3.05, 3.63) is 164 Å². The minimum atomic E-state index is -4.90. The Balaban J connectivity index is 0.000000917. The highest BCUT2D eigenvalue weighted by Gasteiger charge is 2.24. The zero-order valence-corrected chi connectivity index (χ0v) is 37.0. The van der Waals surface area contributed by atoms with Gasteiger partial charge in [-0.3, -0.25) is 9.11 Å². The minimum Gasteiger partial charge on any atom is -0.507 e. The molecule has 0 spiro atoms. The van der Waals surface area contributed by atoms with Gasteiger partial charge >= 0.3 is 21.2 Å². The summed E-state index contributed by atoms with van der Waals surface area (Å²) >= 11 is 0. The van der Waals surface area contributed by atoms with Gasteiger partial charge in [0.1, 0.15) is 35.8 Å². The molecular weight excluding hydrogens is 931 g/mol. The first-order valence-corrected chi connectivity index (χ1v) is 23.5. The molecule has 22 heteroatoms. The normalized spacial score (nSPS) is 12.5. The molecule has 0 unspecified atom stereocenters. The smallest absolute Gasteiger partial charge is 0.425 e. The Labute approximate surface area is 374 Å². The first kappa shape index (κ1) is 49.1. The van der Waals surface area contributed by atoms with E-state index < -0.39 is 69.2 Å². The summed E-state index contributed by atoms with van der Waals surface area (Å²) in [7, 11) is -14.1. The maximum absolute atomic E-state index is 12.6. The van der Waals surface area contributed by atoms with Crippen molar-refractivity contribution < 1.29 is 81.3 Å². The molecule has 1 aliphatic rings. The molecule has 0 aliphatic heterocycles. The van der Waals surface area contributed by atoms with Crippen LogP contribution in [0.5, 0.6) is 28.7 Å². The maximum atomic E-state index is 12.6. The van der Waals surface area contributed by atoms with Gasteiger partial charge in [0, 0.05) is 66.5 Å². The highest BCUT2D eigenvalue weighted by molar-refractivity contribution is 7.86. The summed E-state index contributed by atoms with van der Waals surface area (Å²) in [4.78, 5) is -1.23. The fraction of sp³-hybridized carbons (Fsp3) is 0.140. The molecule has 10 bridgehead atoms. The molecule has 18 nitrogen and oxygen atoms in total. The van der Waals surface area contributed by atoms with Gasteiger partial charge in [-0.25, -0.2) is 4.57 Å². The lowest BCUT2D eigenvalue weighted by Gasteiger charge is -2.18. The van der Waals surface area contributed by atoms with Gasteiger partial charge in [0.15, 0.2) is 12.4 Å². The molecule has 0 radical (unpaired) electrons. The number of rotatable bonds is 4. The van der Waals surface area contributed by atoms with Gasteiger partial charge in [-0.05, 0) is 80.9 Å². The maximum Gasteiger partial charge on any atom is 0.425 e. The van der Waals surface area contributed by atoms with Crippen LogP contribution in [0.25, 0.3) is 12.2 Å². The fourth-order valence-corrected chi connectivity index (χ4v) is 8.31. The number of hydrogen-bond donors (Lipinski definition) is 7. The standard InChI is InChI=1S/C43H37NO11S2.2O3S/c1-44-12-10-25(11-13-44)8-9-26-14-31-17-29-6-2-4-27(39(29)45)16-28-5-3-7-30(40(28)46)18-33-21-37(56(50,51)52)23-35(42(33)48)20-36-24-38(57(53,54)55)22-34(43(36)49)19-32(15-26)41(31)47;2*1-4(2)3/h2-15,21-24H,16-20H2,1H3,(H6,45,46,48,49,50,51,52,53,54,55);;/p+1. The van der Waals surface area contributed by atoms with Gasteiger partial charge in [-0.15, -0.1) is 25.3 Å². The van der Waals surface area contributed by atoms with E-state index in [9.17, 15) is 51.5 Å². The molecule has 5 aromatic carbocycles. The monoisotopic (exact) mass is 968 g/mol. The van der Waals surface area contributed by atoms with Crippen molar-refractivity contribution in [1.82, 2.24) is 0 Å². The van der Waals surface area contributed by atoms with E-state index >= 15 is 0 Å². The number of phenols is 5. The second kappa shape index (κ2) is 20.3. The van der Waals surface area contributed by atoms with Crippen LogP contribution in [-0.2, 0) is 80.6 Å². The van der Waals surface area contributed by atoms with E-state index in [0.717, 1.165) is 29.8 Å². The molecule has 0 fully saturated rings. The van der Waals surface area contributed by atoms with Crippen LogP contribution < -0.4 is 4.57 Å². The SMILES string of the molecule is C[n+]1ccc(/C=C/c2cc3c(O)c(c2)Cc2cc(S(=O)(=O)O)cc(c2O)Cc2cc(S(=O)(=O)O)cc(c2O)Cc2cccc(c2O)Cc2cccc(c2O)C3)cc1.O=S(=O)=O.O=S(=O)=O. The van der Waals surface area contributed by atoms with Crippen LogP contribution >= 0.6 is 0 Å². The largest absolute Gasteiger partial charge is 0.507 e. The molecule has 1 heterocycles. The van der Waals surface area contributed by atoms with Gasteiger partial charge in [0.05, 0.1) is 9.79 Å². The Hall–Kier alpha value is -6.95. The predicted octanol–water partition coefficient (Wildman–Crippen LogP) is 3.96. The highest BCUT2D eigenvalue weighted by Crippen LogP contribution is 2.40. The number of para-hydroxylation sites is 2. The number of aromatic hydroxyl groups is 5. The third-order valence-corrected chi connectivity index (χ3v) is 11.8. The summed E-state index contributed by atoms with van der Waals surface area (Å²) in [6.07, 6.45) is 6.62. The first-order valence-electron chi connectivity index (χ1n) is 18.7. The van der Waals surface area contributed by atoms with E-state index in [1.54, 1.807) is 48.5 Å². The van der Waals surface area contributed by atoms with E-state index in [1.807, 2.05) is 48.3 Å². The van der Waals surface area contributed by atoms with E-state index in [-0.39, 0.29) is 76.3 Å². The molecule has 1 aliphatic carbocycles. The Morgan fingerprint density at radius 1 is 0.431 bits per heavy atom. The van der Waals surface area contributed by atoms with Gasteiger partial charge < -0.3 is 25.5 Å². The summed E-state index contributed by atoms with van der Waals surface area (Å²) in [6, 6.07) is 21.2. The number of fused-ring (bicyclic) bond motifs is 10. The van der Waals surface area contributed by atoms with Crippen molar-refractivity contribution >= 4 is 53.6 Å². The summed E-state index contributed by atoms with van der Waals surface area (Å²) in [5, 5.41) is 58.0. The quantitative estimate of drug-likeness (QED) is 0.0969. The summed E-state index contributed by atoms with van der Waals surface area (Å²) in [5.41, 5.74) is 3.41. The number of pyridine rings is 1. The summed E-state index contributed by atoms with van der Waals surface area (Å²) < 4.78 is 123. The lowest BCUT2D eigenvalue weighted by Crippen LogP contribution is -2.25. The third kappa shape index (κ3) is 12.8. The van der Waals surface area contributed by atoms with Crippen molar-refractivity contribution in [3.63, 3.8) is 0 Å². The van der Waals surface area contributed by atoms with Crippen LogP contribution in [0.1, 0.15) is 66.8 Å². The van der Waals surface area contributed by atoms with Gasteiger partial charge in [0.25, 0.3) is 20.2 Å². The first-order chi connectivity index (χ1) is 30.4. The second-order valence-electron chi connectivity index (χ2n) is 14.6. The van der Waals surface area contributed by atoms with Crippen molar-refractivity contribution in [2.24, 2.45) is 7.05 Å². The van der Waals surface area contributed by atoms with E-state index in [0.29, 0.717) is 27.8 Å². The second-order valence-corrected chi connectivity index (χ2v) is 18.2. The van der Waals surface area contributed by atoms with Crippen molar-refractivity contribution in [2.45, 2.75) is 41.9 Å². The summed E-state index contributed by atoms with van der Waals surface area (Å²) in [5.74, 6) is -1.40. The summed E-state index contributed by atoms with van der Waals surface area (Å²) in [6.45, 7) is 0. The Bertz CT molecular complexity index is 3280. The predicted molar refractivity (Wildman–Crippen MR) is 230 cm³/mol. The van der Waals surface area contributed by atoms with Crippen LogP contribution in [0.15, 0.2) is 107 Å². The van der Waals surface area contributed by atoms with E-state index in [4.69, 9.17) is 25.3 Å². The Morgan fingerprint density at radius 2 is 0.677 bits per heavy atom. The number of aromatic nitrogens is 1. The number of hydrogen-bond acceptors (Lipinski definition) is 15. The average Bonchev–Trinajstić information content (AvgIpc) is 3.20. The number of aryl methyl sites for hydroxylation is 1. The van der Waals surface area contributed by atoms with E-state index in [1.165, 1.54) is 0 Å². The molecule has 6 aromatic rings. The van der Waals surface area contributed by atoms with Gasteiger partial charge in [0.2, 0.25) is 0 Å². The fourth-order valence-electron chi connectivity index (χ4n) is 7.15. The van der Waals surface area contributed by atoms with Crippen LogP contribution in [0.4, 0.5) is 0 Å². The van der Waals surface area contributed by atoms with Gasteiger partial charge in [-0.1, -0.05) is 48.6 Å². The molecule has 7 rings (SSSR count). The zero-order valence-electron chi connectivity index (χ0n) is 33.7. The zero-order chi connectivity index (χ0) is 48.0. The van der Waals surface area contributed by atoms with Crippen LogP contribution in [0.3, 0.4) is 0 Å².